The Labute approximate surface area is 288 Å². The van der Waals surface area contributed by atoms with Crippen molar-refractivity contribution >= 4 is 21.8 Å². The van der Waals surface area contributed by atoms with Crippen LogP contribution in [0, 0.1) is 0 Å². The standard InChI is InChI=1S/C44H28N6/c1-3-9-32(10-4-1)42-48-43(33-11-5-2-6-12-33)50-44(49-42)34-18-14-29(15-19-34)37-24-22-30-16-20-35(27-40(30)46-37)36-21-17-31-23-25-39(47-41(31)28-36)38-13-7-8-26-45-38/h1-28H. The van der Waals surface area contributed by atoms with Crippen LogP contribution in [0.1, 0.15) is 0 Å². The minimum Gasteiger partial charge on any atom is -0.255 e. The molecule has 6 heteroatoms. The molecule has 9 aromatic rings. The van der Waals surface area contributed by atoms with Gasteiger partial charge < -0.3 is 0 Å². The van der Waals surface area contributed by atoms with Gasteiger partial charge in [-0.3, -0.25) is 4.98 Å². The highest BCUT2D eigenvalue weighted by Crippen LogP contribution is 2.31. The molecule has 6 nitrogen and oxygen atoms in total. The number of hydrogen-bond acceptors (Lipinski definition) is 6. The molecular formula is C44H28N6. The maximum absolute atomic E-state index is 5.09. The minimum atomic E-state index is 0.623. The average molecular weight is 641 g/mol. The van der Waals surface area contributed by atoms with Gasteiger partial charge in [-0.15, -0.1) is 0 Å². The van der Waals surface area contributed by atoms with E-state index in [0.717, 1.165) is 72.3 Å². The Morgan fingerprint density at radius 2 is 0.720 bits per heavy atom. The molecule has 4 heterocycles. The summed E-state index contributed by atoms with van der Waals surface area (Å²) >= 11 is 0. The smallest absolute Gasteiger partial charge is 0.164 e. The molecule has 0 bridgehead atoms. The number of benzene rings is 5. The van der Waals surface area contributed by atoms with E-state index in [1.165, 1.54) is 0 Å². The topological polar surface area (TPSA) is 77.3 Å². The largest absolute Gasteiger partial charge is 0.255 e. The summed E-state index contributed by atoms with van der Waals surface area (Å²) in [7, 11) is 0. The van der Waals surface area contributed by atoms with Crippen molar-refractivity contribution in [3.63, 3.8) is 0 Å². The molecule has 0 aliphatic heterocycles. The molecule has 234 valence electrons. The normalized spacial score (nSPS) is 11.2. The van der Waals surface area contributed by atoms with Gasteiger partial charge in [0.2, 0.25) is 0 Å². The molecule has 0 radical (unpaired) electrons. The maximum Gasteiger partial charge on any atom is 0.164 e. The third-order valence-electron chi connectivity index (χ3n) is 8.78. The minimum absolute atomic E-state index is 0.623. The van der Waals surface area contributed by atoms with E-state index in [1.807, 2.05) is 84.9 Å². The van der Waals surface area contributed by atoms with Crippen LogP contribution < -0.4 is 0 Å². The zero-order valence-electron chi connectivity index (χ0n) is 26.8. The zero-order chi connectivity index (χ0) is 33.3. The van der Waals surface area contributed by atoms with Crippen LogP contribution in [0.3, 0.4) is 0 Å². The van der Waals surface area contributed by atoms with Gasteiger partial charge in [0.15, 0.2) is 17.5 Å². The lowest BCUT2D eigenvalue weighted by atomic mass is 10.0. The van der Waals surface area contributed by atoms with E-state index in [1.54, 1.807) is 6.20 Å². The van der Waals surface area contributed by atoms with Crippen LogP contribution in [0.4, 0.5) is 0 Å². The second-order valence-corrected chi connectivity index (χ2v) is 12.0. The summed E-state index contributed by atoms with van der Waals surface area (Å²) in [5, 5.41) is 2.17. The molecule has 0 fully saturated rings. The summed E-state index contributed by atoms with van der Waals surface area (Å²) in [6, 6.07) is 55.3. The predicted octanol–water partition coefficient (Wildman–Crippen LogP) is 10.4. The highest BCUT2D eigenvalue weighted by atomic mass is 15.0. The number of fused-ring (bicyclic) bond motifs is 2. The molecule has 0 aliphatic rings. The number of pyridine rings is 3. The second kappa shape index (κ2) is 12.6. The van der Waals surface area contributed by atoms with Crippen LogP contribution in [-0.4, -0.2) is 29.9 Å². The van der Waals surface area contributed by atoms with Gasteiger partial charge in [-0.2, -0.15) is 0 Å². The first kappa shape index (κ1) is 29.2. The summed E-state index contributed by atoms with van der Waals surface area (Å²) in [6.07, 6.45) is 1.79. The molecule has 0 N–H and O–H groups in total. The van der Waals surface area contributed by atoms with Gasteiger partial charge in [0.05, 0.1) is 28.1 Å². The Morgan fingerprint density at radius 3 is 1.26 bits per heavy atom. The van der Waals surface area contributed by atoms with Gasteiger partial charge in [-0.05, 0) is 47.5 Å². The van der Waals surface area contributed by atoms with Crippen LogP contribution in [0.15, 0.2) is 170 Å². The van der Waals surface area contributed by atoms with Gasteiger partial charge in [0, 0.05) is 39.2 Å². The van der Waals surface area contributed by atoms with Crippen molar-refractivity contribution in [1.82, 2.24) is 29.9 Å². The molecule has 0 spiro atoms. The third-order valence-corrected chi connectivity index (χ3v) is 8.78. The van der Waals surface area contributed by atoms with E-state index < -0.39 is 0 Å². The Bertz CT molecular complexity index is 2570. The average Bonchev–Trinajstić information content (AvgIpc) is 3.21. The molecule has 4 aromatic heterocycles. The van der Waals surface area contributed by atoms with Gasteiger partial charge in [-0.1, -0.05) is 127 Å². The van der Waals surface area contributed by atoms with E-state index in [-0.39, 0.29) is 0 Å². The van der Waals surface area contributed by atoms with Crippen molar-refractivity contribution in [3.05, 3.63) is 170 Å². The highest BCUT2D eigenvalue weighted by Gasteiger charge is 2.13. The van der Waals surface area contributed by atoms with E-state index >= 15 is 0 Å². The van der Waals surface area contributed by atoms with Crippen molar-refractivity contribution in [2.24, 2.45) is 0 Å². The highest BCUT2D eigenvalue weighted by molar-refractivity contribution is 5.90. The first-order valence-electron chi connectivity index (χ1n) is 16.4. The first-order valence-corrected chi connectivity index (χ1v) is 16.4. The quantitative estimate of drug-likeness (QED) is 0.180. The lowest BCUT2D eigenvalue weighted by Crippen LogP contribution is -2.00. The van der Waals surface area contributed by atoms with Crippen molar-refractivity contribution in [1.29, 1.82) is 0 Å². The van der Waals surface area contributed by atoms with Crippen molar-refractivity contribution in [2.75, 3.05) is 0 Å². The van der Waals surface area contributed by atoms with Gasteiger partial charge in [0.1, 0.15) is 0 Å². The zero-order valence-corrected chi connectivity index (χ0v) is 26.8. The van der Waals surface area contributed by atoms with Crippen LogP contribution in [-0.2, 0) is 0 Å². The van der Waals surface area contributed by atoms with Crippen molar-refractivity contribution < 1.29 is 0 Å². The summed E-state index contributed by atoms with van der Waals surface area (Å²) < 4.78 is 0. The molecule has 0 unspecified atom stereocenters. The third kappa shape index (κ3) is 5.76. The number of aromatic nitrogens is 6. The summed E-state index contributed by atoms with van der Waals surface area (Å²) in [6.45, 7) is 0. The van der Waals surface area contributed by atoms with Gasteiger partial charge in [0.25, 0.3) is 0 Å². The molecule has 0 amide bonds. The van der Waals surface area contributed by atoms with Gasteiger partial charge >= 0.3 is 0 Å². The molecule has 5 aromatic carbocycles. The van der Waals surface area contributed by atoms with Crippen LogP contribution in [0.5, 0.6) is 0 Å². The van der Waals surface area contributed by atoms with E-state index in [0.29, 0.717) is 17.5 Å². The van der Waals surface area contributed by atoms with Crippen molar-refractivity contribution in [3.8, 4) is 67.9 Å². The predicted molar refractivity (Wildman–Crippen MR) is 201 cm³/mol. The fourth-order valence-electron chi connectivity index (χ4n) is 6.14. The molecule has 9 rings (SSSR count). The van der Waals surface area contributed by atoms with E-state index in [2.05, 4.69) is 83.8 Å². The van der Waals surface area contributed by atoms with Crippen molar-refractivity contribution in [2.45, 2.75) is 0 Å². The van der Waals surface area contributed by atoms with E-state index in [4.69, 9.17) is 24.9 Å². The Hall–Kier alpha value is -6.92. The summed E-state index contributed by atoms with van der Waals surface area (Å²) in [4.78, 5) is 29.1. The van der Waals surface area contributed by atoms with Crippen LogP contribution in [0.25, 0.3) is 89.7 Å². The second-order valence-electron chi connectivity index (χ2n) is 12.0. The summed E-state index contributed by atoms with van der Waals surface area (Å²) in [5.74, 6) is 1.90. The lowest BCUT2D eigenvalue weighted by Gasteiger charge is -2.10. The van der Waals surface area contributed by atoms with Crippen LogP contribution >= 0.6 is 0 Å². The number of hydrogen-bond donors (Lipinski definition) is 0. The number of rotatable bonds is 6. The Balaban J connectivity index is 1.04. The maximum atomic E-state index is 5.09. The number of nitrogens with zero attached hydrogens (tertiary/aromatic N) is 6. The molecule has 0 saturated heterocycles. The molecule has 0 aliphatic carbocycles. The van der Waals surface area contributed by atoms with E-state index in [9.17, 15) is 0 Å². The fraction of sp³-hybridized carbons (Fsp3) is 0. The first-order chi connectivity index (χ1) is 24.7. The Morgan fingerprint density at radius 1 is 0.280 bits per heavy atom. The molecular weight excluding hydrogens is 613 g/mol. The molecule has 0 saturated carbocycles. The monoisotopic (exact) mass is 640 g/mol. The molecule has 0 atom stereocenters. The van der Waals surface area contributed by atoms with Crippen LogP contribution in [0.2, 0.25) is 0 Å². The SMILES string of the molecule is c1ccc(-c2nc(-c3ccccc3)nc(-c3ccc(-c4ccc5ccc(-c6ccc7ccc(-c8ccccn8)nc7c6)cc5n4)cc3)n2)cc1. The lowest BCUT2D eigenvalue weighted by molar-refractivity contribution is 1.07. The fourth-order valence-corrected chi connectivity index (χ4v) is 6.14. The molecule has 50 heavy (non-hydrogen) atoms. The Kier molecular flexibility index (Phi) is 7.37. The summed E-state index contributed by atoms with van der Waals surface area (Å²) in [5.41, 5.74) is 10.4. The van der Waals surface area contributed by atoms with Gasteiger partial charge in [-0.25, -0.2) is 24.9 Å².